The van der Waals surface area contributed by atoms with Crippen LogP contribution in [0.15, 0.2) is 18.2 Å². The van der Waals surface area contributed by atoms with E-state index in [9.17, 15) is 18.0 Å². The minimum absolute atomic E-state index is 0.0884. The number of halogens is 3. The fourth-order valence-corrected chi connectivity index (χ4v) is 2.63. The van der Waals surface area contributed by atoms with Gasteiger partial charge in [-0.3, -0.25) is 4.79 Å². The van der Waals surface area contributed by atoms with Gasteiger partial charge < -0.3 is 10.2 Å². The molecule has 21 heavy (non-hydrogen) atoms. The number of alkyl halides is 3. The van der Waals surface area contributed by atoms with Crippen LogP contribution in [0, 0.1) is 5.92 Å². The quantitative estimate of drug-likeness (QED) is 0.918. The van der Waals surface area contributed by atoms with Gasteiger partial charge in [0.1, 0.15) is 0 Å². The lowest BCUT2D eigenvalue weighted by Crippen LogP contribution is -2.22. The number of carbonyl (C=O) groups is 1. The fraction of sp³-hybridized carbons (Fsp3) is 0.533. The Kier molecular flexibility index (Phi) is 4.44. The van der Waals surface area contributed by atoms with Gasteiger partial charge in [0, 0.05) is 20.0 Å². The Balaban J connectivity index is 2.28. The molecule has 0 spiro atoms. The Morgan fingerprint density at radius 3 is 2.38 bits per heavy atom. The second-order valence-corrected chi connectivity index (χ2v) is 5.59. The van der Waals surface area contributed by atoms with Crippen LogP contribution in [0.25, 0.3) is 0 Å². The molecule has 0 unspecified atom stereocenters. The largest absolute Gasteiger partial charge is 0.416 e. The van der Waals surface area contributed by atoms with Crippen LogP contribution in [0.1, 0.15) is 31.2 Å². The zero-order chi connectivity index (χ0) is 15.6. The van der Waals surface area contributed by atoms with Crippen LogP contribution in [0.4, 0.5) is 24.5 Å². The van der Waals surface area contributed by atoms with Gasteiger partial charge in [-0.05, 0) is 31.0 Å². The number of nitrogens with one attached hydrogen (secondary N) is 1. The summed E-state index contributed by atoms with van der Waals surface area (Å²) < 4.78 is 38.4. The minimum Gasteiger partial charge on any atom is -0.376 e. The van der Waals surface area contributed by atoms with Crippen LogP contribution in [-0.2, 0) is 11.0 Å². The summed E-state index contributed by atoms with van der Waals surface area (Å²) in [7, 11) is 3.46. The van der Waals surface area contributed by atoms with Crippen molar-refractivity contribution in [3.05, 3.63) is 23.8 Å². The normalized spacial score (nSPS) is 16.0. The van der Waals surface area contributed by atoms with E-state index in [2.05, 4.69) is 5.32 Å². The molecule has 3 nitrogen and oxygen atoms in total. The predicted molar refractivity (Wildman–Crippen MR) is 76.4 cm³/mol. The van der Waals surface area contributed by atoms with E-state index >= 15 is 0 Å². The third kappa shape index (κ3) is 3.68. The van der Waals surface area contributed by atoms with Crippen LogP contribution in [-0.4, -0.2) is 20.0 Å². The topological polar surface area (TPSA) is 32.3 Å². The number of nitrogens with zero attached hydrogens (tertiary/aromatic N) is 1. The molecule has 1 fully saturated rings. The van der Waals surface area contributed by atoms with Crippen LogP contribution >= 0.6 is 0 Å². The van der Waals surface area contributed by atoms with E-state index in [1.807, 2.05) is 0 Å². The second kappa shape index (κ2) is 5.95. The standard InChI is InChI=1S/C15H19F3N2O/c1-20(2)13-8-7-11(15(16,17)18)9-12(13)19-14(21)10-5-3-4-6-10/h7-10H,3-6H2,1-2H3,(H,19,21). The Hall–Kier alpha value is -1.72. The molecule has 1 amide bonds. The lowest BCUT2D eigenvalue weighted by atomic mass is 10.1. The summed E-state index contributed by atoms with van der Waals surface area (Å²) in [5, 5.41) is 2.67. The predicted octanol–water partition coefficient (Wildman–Crippen LogP) is 3.90. The first-order valence-electron chi connectivity index (χ1n) is 6.98. The van der Waals surface area contributed by atoms with Crippen molar-refractivity contribution in [3.63, 3.8) is 0 Å². The summed E-state index contributed by atoms with van der Waals surface area (Å²) in [6.45, 7) is 0. The lowest BCUT2D eigenvalue weighted by Gasteiger charge is -2.21. The molecular formula is C15H19F3N2O. The fourth-order valence-electron chi connectivity index (χ4n) is 2.63. The highest BCUT2D eigenvalue weighted by molar-refractivity contribution is 5.96. The van der Waals surface area contributed by atoms with Crippen LogP contribution in [0.3, 0.4) is 0 Å². The number of rotatable bonds is 3. The first kappa shape index (κ1) is 15.7. The van der Waals surface area contributed by atoms with E-state index in [0.29, 0.717) is 5.69 Å². The molecule has 2 rings (SSSR count). The van der Waals surface area contributed by atoms with Gasteiger partial charge >= 0.3 is 6.18 Å². The highest BCUT2D eigenvalue weighted by atomic mass is 19.4. The van der Waals surface area contributed by atoms with Gasteiger partial charge in [0.05, 0.1) is 16.9 Å². The molecule has 1 aliphatic rings. The molecule has 0 saturated heterocycles. The number of amides is 1. The third-order valence-corrected chi connectivity index (χ3v) is 3.79. The van der Waals surface area contributed by atoms with Gasteiger partial charge in [0.15, 0.2) is 0 Å². The smallest absolute Gasteiger partial charge is 0.376 e. The van der Waals surface area contributed by atoms with Gasteiger partial charge in [-0.15, -0.1) is 0 Å². The third-order valence-electron chi connectivity index (χ3n) is 3.79. The Bertz CT molecular complexity index is 520. The maximum atomic E-state index is 12.8. The van der Waals surface area contributed by atoms with Crippen molar-refractivity contribution in [2.24, 2.45) is 5.92 Å². The average Bonchev–Trinajstić information content (AvgIpc) is 2.91. The van der Waals surface area contributed by atoms with E-state index in [1.165, 1.54) is 6.07 Å². The number of anilines is 2. The Labute approximate surface area is 122 Å². The molecule has 116 valence electrons. The number of hydrogen-bond donors (Lipinski definition) is 1. The molecule has 0 aromatic heterocycles. The highest BCUT2D eigenvalue weighted by Gasteiger charge is 2.32. The first-order valence-corrected chi connectivity index (χ1v) is 6.98. The van der Waals surface area contributed by atoms with Crippen molar-refractivity contribution in [1.82, 2.24) is 0 Å². The van der Waals surface area contributed by atoms with Crippen molar-refractivity contribution in [2.45, 2.75) is 31.9 Å². The number of hydrogen-bond acceptors (Lipinski definition) is 2. The maximum Gasteiger partial charge on any atom is 0.416 e. The van der Waals surface area contributed by atoms with Gasteiger partial charge in [-0.1, -0.05) is 12.8 Å². The molecule has 1 saturated carbocycles. The molecular weight excluding hydrogens is 281 g/mol. The summed E-state index contributed by atoms with van der Waals surface area (Å²) in [4.78, 5) is 13.8. The van der Waals surface area contributed by atoms with Crippen molar-refractivity contribution < 1.29 is 18.0 Å². The van der Waals surface area contributed by atoms with Crippen LogP contribution in [0.2, 0.25) is 0 Å². The maximum absolute atomic E-state index is 12.8. The van der Waals surface area contributed by atoms with Crippen molar-refractivity contribution in [1.29, 1.82) is 0 Å². The van der Waals surface area contributed by atoms with Gasteiger partial charge in [-0.25, -0.2) is 0 Å². The molecule has 1 aromatic carbocycles. The van der Waals surface area contributed by atoms with E-state index in [0.717, 1.165) is 37.8 Å². The molecule has 0 aliphatic heterocycles. The first-order chi connectivity index (χ1) is 9.79. The van der Waals surface area contributed by atoms with Gasteiger partial charge in [0.25, 0.3) is 0 Å². The zero-order valence-corrected chi connectivity index (χ0v) is 12.1. The molecule has 1 N–H and O–H groups in total. The molecule has 0 bridgehead atoms. The van der Waals surface area contributed by atoms with Gasteiger partial charge in [-0.2, -0.15) is 13.2 Å². The Morgan fingerprint density at radius 1 is 1.24 bits per heavy atom. The second-order valence-electron chi connectivity index (χ2n) is 5.59. The molecule has 0 radical (unpaired) electrons. The van der Waals surface area contributed by atoms with E-state index in [-0.39, 0.29) is 17.5 Å². The van der Waals surface area contributed by atoms with Crippen molar-refractivity contribution in [2.75, 3.05) is 24.3 Å². The summed E-state index contributed by atoms with van der Waals surface area (Å²) in [5.41, 5.74) is 0.0240. The zero-order valence-electron chi connectivity index (χ0n) is 12.1. The van der Waals surface area contributed by atoms with E-state index in [4.69, 9.17) is 0 Å². The van der Waals surface area contributed by atoms with Crippen LogP contribution in [0.5, 0.6) is 0 Å². The lowest BCUT2D eigenvalue weighted by molar-refractivity contribution is -0.137. The summed E-state index contributed by atoms with van der Waals surface area (Å²) in [5.74, 6) is -0.274. The number of carbonyl (C=O) groups excluding carboxylic acids is 1. The summed E-state index contributed by atoms with van der Waals surface area (Å²) >= 11 is 0. The molecule has 6 heteroatoms. The van der Waals surface area contributed by atoms with Crippen molar-refractivity contribution >= 4 is 17.3 Å². The minimum atomic E-state index is -4.42. The Morgan fingerprint density at radius 2 is 1.86 bits per heavy atom. The number of benzene rings is 1. The highest BCUT2D eigenvalue weighted by Crippen LogP contribution is 2.35. The van der Waals surface area contributed by atoms with Gasteiger partial charge in [0.2, 0.25) is 5.91 Å². The average molecular weight is 300 g/mol. The summed E-state index contributed by atoms with van der Waals surface area (Å²) in [6, 6.07) is 3.41. The summed E-state index contributed by atoms with van der Waals surface area (Å²) in [6.07, 6.45) is -0.801. The molecule has 1 aliphatic carbocycles. The van der Waals surface area contributed by atoms with E-state index < -0.39 is 11.7 Å². The molecule has 0 heterocycles. The monoisotopic (exact) mass is 300 g/mol. The van der Waals surface area contributed by atoms with E-state index in [1.54, 1.807) is 19.0 Å². The van der Waals surface area contributed by atoms with Crippen molar-refractivity contribution in [3.8, 4) is 0 Å². The molecule has 1 aromatic rings. The van der Waals surface area contributed by atoms with Crippen LogP contribution < -0.4 is 10.2 Å². The molecule has 0 atom stereocenters. The SMILES string of the molecule is CN(C)c1ccc(C(F)(F)F)cc1NC(=O)C1CCCC1.